The average Bonchev–Trinajstić information content (AvgIpc) is 3.26. The second kappa shape index (κ2) is 10.8. The van der Waals surface area contributed by atoms with Crippen LogP contribution in [0.5, 0.6) is 0 Å². The minimum Gasteiger partial charge on any atom is -0.381 e. The van der Waals surface area contributed by atoms with Crippen molar-refractivity contribution >= 4 is 5.91 Å². The molecule has 0 saturated carbocycles. The highest BCUT2D eigenvalue weighted by atomic mass is 19.4. The molecule has 3 aliphatic rings. The number of halogens is 7. The number of carbonyl (C=O) groups excluding carboxylic acids is 1. The molecule has 0 radical (unpaired) electrons. The maximum Gasteiger partial charge on any atom is 0.416 e. The Labute approximate surface area is 226 Å². The van der Waals surface area contributed by atoms with Crippen LogP contribution in [0.25, 0.3) is 0 Å². The van der Waals surface area contributed by atoms with Crippen LogP contribution in [0.4, 0.5) is 30.7 Å². The van der Waals surface area contributed by atoms with Gasteiger partial charge in [-0.2, -0.15) is 26.3 Å². The number of alkyl halides is 6. The largest absolute Gasteiger partial charge is 0.416 e. The first-order chi connectivity index (χ1) is 18.8. The molecule has 0 aliphatic carbocycles. The molecule has 2 unspecified atom stereocenters. The first-order valence-corrected chi connectivity index (χ1v) is 13.1. The summed E-state index contributed by atoms with van der Waals surface area (Å²) in [4.78, 5) is 14.9. The van der Waals surface area contributed by atoms with Gasteiger partial charge in [-0.25, -0.2) is 4.39 Å². The summed E-state index contributed by atoms with van der Waals surface area (Å²) in [5.41, 5.74) is -1.47. The lowest BCUT2D eigenvalue weighted by Crippen LogP contribution is -2.41. The molecule has 0 aromatic heterocycles. The Balaban J connectivity index is 1.46. The molecule has 3 aliphatic heterocycles. The number of benzene rings is 2. The zero-order valence-electron chi connectivity index (χ0n) is 21.6. The predicted molar refractivity (Wildman–Crippen MR) is 131 cm³/mol. The molecule has 0 spiro atoms. The van der Waals surface area contributed by atoms with Crippen molar-refractivity contribution in [1.29, 1.82) is 0 Å². The summed E-state index contributed by atoms with van der Waals surface area (Å²) in [6, 6.07) is 6.75. The first-order valence-electron chi connectivity index (χ1n) is 13.1. The van der Waals surface area contributed by atoms with Crippen LogP contribution < -0.4 is 0 Å². The molecule has 2 saturated heterocycles. The number of hydrogen-bond acceptors (Lipinski definition) is 3. The highest BCUT2D eigenvalue weighted by molar-refractivity contribution is 5.90. The van der Waals surface area contributed by atoms with Gasteiger partial charge in [0.1, 0.15) is 5.82 Å². The number of carbonyl (C=O) groups is 1. The Morgan fingerprint density at radius 1 is 0.950 bits per heavy atom. The molecule has 11 heteroatoms. The summed E-state index contributed by atoms with van der Waals surface area (Å²) in [6.07, 6.45) is -8.16. The minimum absolute atomic E-state index is 0.0789. The number of fused-ring (bicyclic) bond motifs is 1. The lowest BCUT2D eigenvalue weighted by Gasteiger charge is -2.36. The lowest BCUT2D eigenvalue weighted by molar-refractivity contribution is -0.143. The van der Waals surface area contributed by atoms with Crippen LogP contribution in [0, 0.1) is 11.7 Å². The molecule has 40 heavy (non-hydrogen) atoms. The van der Waals surface area contributed by atoms with E-state index in [1.165, 1.54) is 19.1 Å². The van der Waals surface area contributed by atoms with E-state index in [9.17, 15) is 35.5 Å². The third-order valence-corrected chi connectivity index (χ3v) is 8.09. The van der Waals surface area contributed by atoms with Gasteiger partial charge in [-0.15, -0.1) is 0 Å². The van der Waals surface area contributed by atoms with Gasteiger partial charge in [0.2, 0.25) is 5.91 Å². The molecular formula is C29H28F7NO3. The summed E-state index contributed by atoms with van der Waals surface area (Å²) in [5, 5.41) is 0. The monoisotopic (exact) mass is 571 g/mol. The second-order valence-corrected chi connectivity index (χ2v) is 10.6. The van der Waals surface area contributed by atoms with Crippen LogP contribution in [0.1, 0.15) is 60.5 Å². The molecule has 4 atom stereocenters. The van der Waals surface area contributed by atoms with E-state index in [2.05, 4.69) is 0 Å². The first kappa shape index (κ1) is 28.6. The normalized spacial score (nSPS) is 25.1. The molecule has 1 amide bonds. The van der Waals surface area contributed by atoms with Crippen LogP contribution in [-0.4, -0.2) is 42.7 Å². The van der Waals surface area contributed by atoms with Gasteiger partial charge in [-0.05, 0) is 73.6 Å². The van der Waals surface area contributed by atoms with E-state index in [1.807, 2.05) is 0 Å². The maximum absolute atomic E-state index is 13.8. The fraction of sp³-hybridized carbons (Fsp3) is 0.483. The van der Waals surface area contributed by atoms with Gasteiger partial charge in [0.05, 0.1) is 23.3 Å². The predicted octanol–water partition coefficient (Wildman–Crippen LogP) is 7.06. The summed E-state index contributed by atoms with van der Waals surface area (Å²) in [5.74, 6) is -0.973. The molecule has 0 N–H and O–H groups in total. The van der Waals surface area contributed by atoms with E-state index >= 15 is 0 Å². The molecule has 216 valence electrons. The highest BCUT2D eigenvalue weighted by Crippen LogP contribution is 2.45. The quantitative estimate of drug-likeness (QED) is 0.361. The van der Waals surface area contributed by atoms with Crippen LogP contribution >= 0.6 is 0 Å². The number of ether oxygens (including phenoxy) is 2. The van der Waals surface area contributed by atoms with Gasteiger partial charge in [0.25, 0.3) is 0 Å². The SMILES string of the molecule is C[C@@H](O[C@H]1CN2C(=O)C=C(C3CCOCC3)CC2C1c1ccc(F)cc1)c1cc(C(F)(F)F)cc(C(F)(F)F)c1. The number of nitrogens with zero attached hydrogens (tertiary/aromatic N) is 1. The molecule has 0 bridgehead atoms. The summed E-state index contributed by atoms with van der Waals surface area (Å²) in [7, 11) is 0. The van der Waals surface area contributed by atoms with Crippen molar-refractivity contribution in [1.82, 2.24) is 4.90 Å². The smallest absolute Gasteiger partial charge is 0.381 e. The van der Waals surface area contributed by atoms with Crippen molar-refractivity contribution < 1.29 is 45.0 Å². The Bertz CT molecular complexity index is 1230. The fourth-order valence-corrected chi connectivity index (χ4v) is 6.07. The van der Waals surface area contributed by atoms with Crippen molar-refractivity contribution in [3.8, 4) is 0 Å². The third-order valence-electron chi connectivity index (χ3n) is 8.09. The Morgan fingerprint density at radius 3 is 2.12 bits per heavy atom. The molecule has 2 aromatic carbocycles. The number of hydrogen-bond donors (Lipinski definition) is 0. The van der Waals surface area contributed by atoms with Gasteiger partial charge >= 0.3 is 12.4 Å². The molecule has 2 fully saturated rings. The topological polar surface area (TPSA) is 38.8 Å². The maximum atomic E-state index is 13.8. The van der Waals surface area contributed by atoms with E-state index in [4.69, 9.17) is 9.47 Å². The summed E-state index contributed by atoms with van der Waals surface area (Å²) in [6.45, 7) is 2.67. The van der Waals surface area contributed by atoms with Gasteiger partial charge in [0.15, 0.2) is 0 Å². The van der Waals surface area contributed by atoms with Crippen molar-refractivity contribution in [2.45, 2.75) is 62.7 Å². The van der Waals surface area contributed by atoms with Crippen LogP contribution in [0.3, 0.4) is 0 Å². The van der Waals surface area contributed by atoms with Crippen molar-refractivity contribution in [2.75, 3.05) is 19.8 Å². The number of rotatable bonds is 5. The summed E-state index contributed by atoms with van der Waals surface area (Å²) < 4.78 is 106. The summed E-state index contributed by atoms with van der Waals surface area (Å²) >= 11 is 0. The minimum atomic E-state index is -4.99. The third kappa shape index (κ3) is 5.90. The van der Waals surface area contributed by atoms with E-state index < -0.39 is 47.4 Å². The Morgan fingerprint density at radius 2 is 1.55 bits per heavy atom. The van der Waals surface area contributed by atoms with Crippen LogP contribution in [0.15, 0.2) is 54.1 Å². The van der Waals surface area contributed by atoms with Crippen molar-refractivity contribution in [3.05, 3.63) is 82.2 Å². The van der Waals surface area contributed by atoms with E-state index in [0.717, 1.165) is 18.4 Å². The average molecular weight is 572 g/mol. The van der Waals surface area contributed by atoms with Gasteiger partial charge in [-0.3, -0.25) is 4.79 Å². The zero-order valence-corrected chi connectivity index (χ0v) is 21.6. The molecule has 2 aromatic rings. The van der Waals surface area contributed by atoms with E-state index in [1.54, 1.807) is 23.1 Å². The van der Waals surface area contributed by atoms with Gasteiger partial charge < -0.3 is 14.4 Å². The molecular weight excluding hydrogens is 543 g/mol. The van der Waals surface area contributed by atoms with Crippen LogP contribution in [-0.2, 0) is 26.6 Å². The standard InChI is InChI=1S/C29H28F7NO3/c1-16(19-10-21(28(31,32)33)14-22(11-19)29(34,35)36)40-25-15-37-24(27(25)18-2-4-23(30)5-3-18)12-20(13-26(37)38)17-6-8-39-9-7-17/h2-5,10-11,13-14,16-17,24-25,27H,6-9,12,15H2,1H3/t16-,24?,25+,27?/m1/s1. The second-order valence-electron chi connectivity index (χ2n) is 10.6. The Hall–Kier alpha value is -2.92. The molecule has 5 rings (SSSR count). The van der Waals surface area contributed by atoms with Gasteiger partial charge in [0, 0.05) is 37.8 Å². The highest BCUT2D eigenvalue weighted by Gasteiger charge is 2.48. The van der Waals surface area contributed by atoms with Crippen LogP contribution in [0.2, 0.25) is 0 Å². The Kier molecular flexibility index (Phi) is 7.73. The number of amides is 1. The van der Waals surface area contributed by atoms with Crippen molar-refractivity contribution in [3.63, 3.8) is 0 Å². The van der Waals surface area contributed by atoms with E-state index in [-0.39, 0.29) is 36.0 Å². The fourth-order valence-electron chi connectivity index (χ4n) is 6.07. The molecule has 4 nitrogen and oxygen atoms in total. The van der Waals surface area contributed by atoms with E-state index in [0.29, 0.717) is 37.3 Å². The molecule has 3 heterocycles. The van der Waals surface area contributed by atoms with Gasteiger partial charge in [-0.1, -0.05) is 17.7 Å². The van der Waals surface area contributed by atoms with Crippen molar-refractivity contribution in [2.24, 2.45) is 5.92 Å². The zero-order chi connectivity index (χ0) is 28.8. The lowest BCUT2D eigenvalue weighted by atomic mass is 9.80.